The molecule has 0 saturated carbocycles. The van der Waals surface area contributed by atoms with Gasteiger partial charge in [-0.25, -0.2) is 4.79 Å². The third-order valence-corrected chi connectivity index (χ3v) is 4.24. The molecule has 0 unspecified atom stereocenters. The first kappa shape index (κ1) is 17.1. The minimum atomic E-state index is -0.238. The van der Waals surface area contributed by atoms with Crippen molar-refractivity contribution in [3.63, 3.8) is 0 Å². The summed E-state index contributed by atoms with van der Waals surface area (Å²) >= 11 is 5.96. The summed E-state index contributed by atoms with van der Waals surface area (Å²) in [6.07, 6.45) is 0. The third-order valence-electron chi connectivity index (χ3n) is 4.00. The number of carbonyl (C=O) groups excluding carboxylic acids is 1. The van der Waals surface area contributed by atoms with E-state index in [9.17, 15) is 4.79 Å². The molecular weight excluding hydrogens is 332 g/mol. The average Bonchev–Trinajstić information content (AvgIpc) is 2.62. The summed E-state index contributed by atoms with van der Waals surface area (Å²) in [6.45, 7) is 2.42. The van der Waals surface area contributed by atoms with E-state index in [4.69, 9.17) is 11.6 Å². The van der Waals surface area contributed by atoms with Crippen LogP contribution in [-0.4, -0.2) is 6.03 Å². The molecule has 2 amide bonds. The molecule has 0 aliphatic carbocycles. The normalized spacial score (nSPS) is 10.3. The predicted octanol–water partition coefficient (Wildman–Crippen LogP) is 5.64. The van der Waals surface area contributed by atoms with E-state index in [-0.39, 0.29) is 6.03 Å². The predicted molar refractivity (Wildman–Crippen MR) is 104 cm³/mol. The summed E-state index contributed by atoms with van der Waals surface area (Å²) in [5.41, 5.74) is 4.92. The molecule has 0 aliphatic heterocycles. The largest absolute Gasteiger partial charge is 0.334 e. The standard InChI is InChI=1S/C21H19ClN2O/c1-15-13-18(22)12-11-17(15)14-23-21(25)24-20-10-6-5-9-19(20)16-7-3-2-4-8-16/h2-13H,14H2,1H3,(H2,23,24,25). The highest BCUT2D eigenvalue weighted by molar-refractivity contribution is 6.30. The maximum absolute atomic E-state index is 12.3. The van der Waals surface area contributed by atoms with Crippen molar-refractivity contribution in [3.8, 4) is 11.1 Å². The second-order valence-electron chi connectivity index (χ2n) is 5.79. The van der Waals surface area contributed by atoms with E-state index in [2.05, 4.69) is 10.6 Å². The monoisotopic (exact) mass is 350 g/mol. The fraction of sp³-hybridized carbons (Fsp3) is 0.0952. The Kier molecular flexibility index (Phi) is 5.36. The second-order valence-corrected chi connectivity index (χ2v) is 6.23. The Labute approximate surface area is 152 Å². The molecule has 2 N–H and O–H groups in total. The van der Waals surface area contributed by atoms with Gasteiger partial charge < -0.3 is 10.6 Å². The molecule has 3 rings (SSSR count). The molecule has 0 atom stereocenters. The Morgan fingerprint density at radius 2 is 1.68 bits per heavy atom. The maximum Gasteiger partial charge on any atom is 0.319 e. The lowest BCUT2D eigenvalue weighted by Gasteiger charge is -2.13. The lowest BCUT2D eigenvalue weighted by Crippen LogP contribution is -2.28. The minimum absolute atomic E-state index is 0.238. The van der Waals surface area contributed by atoms with Crippen molar-refractivity contribution in [3.05, 3.63) is 88.9 Å². The Bertz CT molecular complexity index is 878. The number of nitrogens with one attached hydrogen (secondary N) is 2. The molecule has 0 heterocycles. The zero-order chi connectivity index (χ0) is 17.6. The highest BCUT2D eigenvalue weighted by Crippen LogP contribution is 2.27. The number of urea groups is 1. The number of aryl methyl sites for hydroxylation is 1. The lowest BCUT2D eigenvalue weighted by atomic mass is 10.0. The Balaban J connectivity index is 1.69. The van der Waals surface area contributed by atoms with Crippen LogP contribution in [0.25, 0.3) is 11.1 Å². The molecule has 25 heavy (non-hydrogen) atoms. The van der Waals surface area contributed by atoms with Crippen LogP contribution in [0.1, 0.15) is 11.1 Å². The first-order valence-corrected chi connectivity index (χ1v) is 8.45. The quantitative estimate of drug-likeness (QED) is 0.628. The molecule has 0 aliphatic rings. The van der Waals surface area contributed by atoms with Crippen molar-refractivity contribution < 1.29 is 4.79 Å². The van der Waals surface area contributed by atoms with E-state index in [1.807, 2.05) is 79.7 Å². The second kappa shape index (κ2) is 7.86. The third kappa shape index (κ3) is 4.40. The van der Waals surface area contributed by atoms with Crippen molar-refractivity contribution in [2.24, 2.45) is 0 Å². The van der Waals surface area contributed by atoms with Gasteiger partial charge in [0, 0.05) is 17.1 Å². The molecule has 0 fully saturated rings. The molecule has 0 bridgehead atoms. The van der Waals surface area contributed by atoms with E-state index in [0.29, 0.717) is 11.6 Å². The summed E-state index contributed by atoms with van der Waals surface area (Å²) in [7, 11) is 0. The van der Waals surface area contributed by atoms with Crippen LogP contribution < -0.4 is 10.6 Å². The molecule has 3 aromatic carbocycles. The van der Waals surface area contributed by atoms with Crippen molar-refractivity contribution in [1.82, 2.24) is 5.32 Å². The van der Waals surface area contributed by atoms with E-state index < -0.39 is 0 Å². The van der Waals surface area contributed by atoms with Gasteiger partial charge in [-0.15, -0.1) is 0 Å². The molecule has 0 aromatic heterocycles. The van der Waals surface area contributed by atoms with Crippen molar-refractivity contribution in [2.45, 2.75) is 13.5 Å². The minimum Gasteiger partial charge on any atom is -0.334 e. The van der Waals surface area contributed by atoms with Gasteiger partial charge in [-0.2, -0.15) is 0 Å². The molecule has 3 nitrogen and oxygen atoms in total. The number of carbonyl (C=O) groups is 1. The molecule has 4 heteroatoms. The topological polar surface area (TPSA) is 41.1 Å². The van der Waals surface area contributed by atoms with Crippen LogP contribution in [0, 0.1) is 6.92 Å². The van der Waals surface area contributed by atoms with E-state index in [1.54, 1.807) is 0 Å². The van der Waals surface area contributed by atoms with Gasteiger partial charge in [0.2, 0.25) is 0 Å². The van der Waals surface area contributed by atoms with E-state index >= 15 is 0 Å². The van der Waals surface area contributed by atoms with Crippen LogP contribution in [0.4, 0.5) is 10.5 Å². The van der Waals surface area contributed by atoms with Crippen LogP contribution in [0.15, 0.2) is 72.8 Å². The lowest BCUT2D eigenvalue weighted by molar-refractivity contribution is 0.251. The zero-order valence-corrected chi connectivity index (χ0v) is 14.7. The number of hydrogen-bond donors (Lipinski definition) is 2. The van der Waals surface area contributed by atoms with E-state index in [0.717, 1.165) is 27.9 Å². The molecule has 3 aromatic rings. The number of rotatable bonds is 4. The summed E-state index contributed by atoms with van der Waals surface area (Å²) in [5, 5.41) is 6.52. The average molecular weight is 351 g/mol. The fourth-order valence-electron chi connectivity index (χ4n) is 2.66. The van der Waals surface area contributed by atoms with Gasteiger partial charge in [-0.1, -0.05) is 66.2 Å². The van der Waals surface area contributed by atoms with Crippen molar-refractivity contribution >= 4 is 23.3 Å². The molecule has 0 radical (unpaired) electrons. The van der Waals surface area contributed by atoms with Crippen LogP contribution in [-0.2, 0) is 6.54 Å². The van der Waals surface area contributed by atoms with Gasteiger partial charge in [-0.3, -0.25) is 0 Å². The first-order valence-electron chi connectivity index (χ1n) is 8.08. The van der Waals surface area contributed by atoms with Crippen molar-refractivity contribution in [1.29, 1.82) is 0 Å². The van der Waals surface area contributed by atoms with Gasteiger partial charge in [0.25, 0.3) is 0 Å². The highest BCUT2D eigenvalue weighted by Gasteiger charge is 2.08. The van der Waals surface area contributed by atoms with Crippen molar-refractivity contribution in [2.75, 3.05) is 5.32 Å². The molecule has 126 valence electrons. The summed E-state index contributed by atoms with van der Waals surface area (Å²) in [4.78, 5) is 12.3. The molecule has 0 spiro atoms. The van der Waals surface area contributed by atoms with Gasteiger partial charge in [-0.05, 0) is 41.8 Å². The number of benzene rings is 3. The highest BCUT2D eigenvalue weighted by atomic mass is 35.5. The summed E-state index contributed by atoms with van der Waals surface area (Å²) in [5.74, 6) is 0. The van der Waals surface area contributed by atoms with Gasteiger partial charge >= 0.3 is 6.03 Å². The number of hydrogen-bond acceptors (Lipinski definition) is 1. The Morgan fingerprint density at radius 1 is 0.960 bits per heavy atom. The number of para-hydroxylation sites is 1. The molecular formula is C21H19ClN2O. The van der Waals surface area contributed by atoms with E-state index in [1.165, 1.54) is 0 Å². The van der Waals surface area contributed by atoms with Gasteiger partial charge in [0.15, 0.2) is 0 Å². The first-order chi connectivity index (χ1) is 12.1. The number of amides is 2. The number of halogens is 1. The Morgan fingerprint density at radius 3 is 2.44 bits per heavy atom. The Hall–Kier alpha value is -2.78. The van der Waals surface area contributed by atoms with Crippen LogP contribution in [0.3, 0.4) is 0 Å². The SMILES string of the molecule is Cc1cc(Cl)ccc1CNC(=O)Nc1ccccc1-c1ccccc1. The van der Waals surface area contributed by atoms with Gasteiger partial charge in [0.1, 0.15) is 0 Å². The maximum atomic E-state index is 12.3. The smallest absolute Gasteiger partial charge is 0.319 e. The number of anilines is 1. The zero-order valence-electron chi connectivity index (χ0n) is 13.9. The molecule has 0 saturated heterocycles. The summed E-state index contributed by atoms with van der Waals surface area (Å²) in [6, 6.07) is 23.2. The van der Waals surface area contributed by atoms with Gasteiger partial charge in [0.05, 0.1) is 5.69 Å². The van der Waals surface area contributed by atoms with Crippen LogP contribution in [0.5, 0.6) is 0 Å². The van der Waals surface area contributed by atoms with Crippen LogP contribution >= 0.6 is 11.6 Å². The fourth-order valence-corrected chi connectivity index (χ4v) is 2.89. The summed E-state index contributed by atoms with van der Waals surface area (Å²) < 4.78 is 0. The van der Waals surface area contributed by atoms with Crippen LogP contribution in [0.2, 0.25) is 5.02 Å².